The number of benzene rings is 2. The molecule has 2 aromatic carbocycles. The molecule has 168 valence electrons. The van der Waals surface area contributed by atoms with E-state index in [9.17, 15) is 4.79 Å². The van der Waals surface area contributed by atoms with Crippen LogP contribution < -0.4 is 20.7 Å². The largest absolute Gasteiger partial charge is 0.438 e. The van der Waals surface area contributed by atoms with Crippen molar-refractivity contribution in [3.63, 3.8) is 0 Å². The first kappa shape index (κ1) is 22.0. The van der Waals surface area contributed by atoms with Gasteiger partial charge in [0.25, 0.3) is 0 Å². The standard InChI is InChI=1S/C25H26N6O2/c1-4-23(32)30-18-6-5-7-19(13-18)33-25-20-14-22(31-24(20)28-15-29-25)17-8-9-21(16(2)12-17)27-11-10-26-3/h4-9,12-15,26-27H,1,10-11H2,2-3H3,(H,30,32)(H,28,29,31). The molecule has 1 amide bonds. The van der Waals surface area contributed by atoms with Crippen molar-refractivity contribution in [3.05, 3.63) is 73.1 Å². The van der Waals surface area contributed by atoms with Crippen LogP contribution in [0.2, 0.25) is 0 Å². The Bertz CT molecular complexity index is 1300. The summed E-state index contributed by atoms with van der Waals surface area (Å²) in [6, 6.07) is 15.4. The van der Waals surface area contributed by atoms with Crippen LogP contribution in [0.3, 0.4) is 0 Å². The molecular formula is C25H26N6O2. The van der Waals surface area contributed by atoms with Gasteiger partial charge in [0.15, 0.2) is 0 Å². The van der Waals surface area contributed by atoms with E-state index in [-0.39, 0.29) is 5.91 Å². The monoisotopic (exact) mass is 442 g/mol. The number of hydrogen-bond donors (Lipinski definition) is 4. The van der Waals surface area contributed by atoms with Gasteiger partial charge in [0.05, 0.1) is 5.39 Å². The summed E-state index contributed by atoms with van der Waals surface area (Å²) in [6.07, 6.45) is 2.68. The van der Waals surface area contributed by atoms with Gasteiger partial charge >= 0.3 is 0 Å². The normalized spacial score (nSPS) is 10.7. The van der Waals surface area contributed by atoms with E-state index >= 15 is 0 Å². The highest BCUT2D eigenvalue weighted by Gasteiger charge is 2.12. The lowest BCUT2D eigenvalue weighted by molar-refractivity contribution is -0.111. The molecule has 0 unspecified atom stereocenters. The van der Waals surface area contributed by atoms with E-state index in [2.05, 4.69) is 62.6 Å². The Balaban J connectivity index is 1.59. The molecule has 0 radical (unpaired) electrons. The van der Waals surface area contributed by atoms with Gasteiger partial charge in [-0.2, -0.15) is 0 Å². The van der Waals surface area contributed by atoms with Gasteiger partial charge in [0.2, 0.25) is 11.8 Å². The van der Waals surface area contributed by atoms with Gasteiger partial charge in [-0.1, -0.05) is 18.7 Å². The number of carbonyl (C=O) groups excluding carboxylic acids is 1. The van der Waals surface area contributed by atoms with Gasteiger partial charge in [-0.3, -0.25) is 4.79 Å². The van der Waals surface area contributed by atoms with E-state index in [0.29, 0.717) is 23.0 Å². The molecular weight excluding hydrogens is 416 g/mol. The van der Waals surface area contributed by atoms with Crippen LogP contribution in [-0.4, -0.2) is 41.0 Å². The number of hydrogen-bond acceptors (Lipinski definition) is 6. The molecule has 0 spiro atoms. The number of H-pyrrole nitrogens is 1. The molecule has 8 heteroatoms. The van der Waals surface area contributed by atoms with E-state index in [1.54, 1.807) is 24.3 Å². The third-order valence-electron chi connectivity index (χ3n) is 5.12. The molecule has 0 fully saturated rings. The van der Waals surface area contributed by atoms with Crippen molar-refractivity contribution >= 4 is 28.3 Å². The number of anilines is 2. The number of ether oxygens (including phenoxy) is 1. The number of aromatic nitrogens is 3. The lowest BCUT2D eigenvalue weighted by Gasteiger charge is -2.10. The highest BCUT2D eigenvalue weighted by molar-refractivity contribution is 5.99. The second kappa shape index (κ2) is 9.97. The molecule has 0 bridgehead atoms. The van der Waals surface area contributed by atoms with E-state index in [1.165, 1.54) is 12.4 Å². The average Bonchev–Trinajstić information content (AvgIpc) is 3.26. The molecule has 0 saturated heterocycles. The van der Waals surface area contributed by atoms with Crippen LogP contribution in [0.5, 0.6) is 11.6 Å². The summed E-state index contributed by atoms with van der Waals surface area (Å²) in [5.41, 5.74) is 5.52. The number of rotatable bonds is 9. The van der Waals surface area contributed by atoms with Crippen molar-refractivity contribution in [2.24, 2.45) is 0 Å². The van der Waals surface area contributed by atoms with Crippen molar-refractivity contribution < 1.29 is 9.53 Å². The van der Waals surface area contributed by atoms with Crippen LogP contribution in [0, 0.1) is 6.92 Å². The molecule has 33 heavy (non-hydrogen) atoms. The molecule has 2 aromatic heterocycles. The second-order valence-electron chi connectivity index (χ2n) is 7.51. The van der Waals surface area contributed by atoms with E-state index in [4.69, 9.17) is 4.74 Å². The van der Waals surface area contributed by atoms with Crippen molar-refractivity contribution in [3.8, 4) is 22.9 Å². The summed E-state index contributed by atoms with van der Waals surface area (Å²) in [6.45, 7) is 7.31. The summed E-state index contributed by atoms with van der Waals surface area (Å²) in [4.78, 5) is 23.6. The predicted octanol–water partition coefficient (Wildman–Crippen LogP) is 4.48. The Kier molecular flexibility index (Phi) is 6.66. The molecule has 0 aliphatic carbocycles. The minimum absolute atomic E-state index is 0.287. The Hall–Kier alpha value is -4.17. The summed E-state index contributed by atoms with van der Waals surface area (Å²) in [7, 11) is 1.94. The van der Waals surface area contributed by atoms with Crippen LogP contribution in [0.4, 0.5) is 11.4 Å². The maximum absolute atomic E-state index is 11.6. The van der Waals surface area contributed by atoms with Gasteiger partial charge in [-0.25, -0.2) is 9.97 Å². The van der Waals surface area contributed by atoms with Crippen LogP contribution in [0.15, 0.2) is 67.5 Å². The first-order valence-corrected chi connectivity index (χ1v) is 10.6. The number of aromatic amines is 1. The summed E-state index contributed by atoms with van der Waals surface area (Å²) < 4.78 is 6.03. The van der Waals surface area contributed by atoms with Crippen LogP contribution in [-0.2, 0) is 4.79 Å². The number of amides is 1. The highest BCUT2D eigenvalue weighted by Crippen LogP contribution is 2.32. The Morgan fingerprint density at radius 2 is 2.03 bits per heavy atom. The molecule has 8 nitrogen and oxygen atoms in total. The zero-order valence-corrected chi connectivity index (χ0v) is 18.6. The Labute approximate surface area is 192 Å². The van der Waals surface area contributed by atoms with Crippen molar-refractivity contribution in [2.45, 2.75) is 6.92 Å². The maximum atomic E-state index is 11.6. The molecule has 4 rings (SSSR count). The first-order chi connectivity index (χ1) is 16.1. The van der Waals surface area contributed by atoms with Crippen molar-refractivity contribution in [2.75, 3.05) is 30.8 Å². The molecule has 2 heterocycles. The third kappa shape index (κ3) is 5.19. The second-order valence-corrected chi connectivity index (χ2v) is 7.51. The van der Waals surface area contributed by atoms with E-state index < -0.39 is 0 Å². The zero-order valence-electron chi connectivity index (χ0n) is 18.6. The van der Waals surface area contributed by atoms with Crippen molar-refractivity contribution in [1.29, 1.82) is 0 Å². The fourth-order valence-electron chi connectivity index (χ4n) is 3.45. The van der Waals surface area contributed by atoms with Gasteiger partial charge in [0, 0.05) is 36.2 Å². The topological polar surface area (TPSA) is 104 Å². The number of likely N-dealkylation sites (N-methyl/N-ethyl adjacent to an activating group) is 1. The van der Waals surface area contributed by atoms with Gasteiger partial charge in [0.1, 0.15) is 17.7 Å². The minimum Gasteiger partial charge on any atom is -0.438 e. The Morgan fingerprint density at radius 3 is 2.82 bits per heavy atom. The number of nitrogens with one attached hydrogen (secondary N) is 4. The zero-order chi connectivity index (χ0) is 23.2. The first-order valence-electron chi connectivity index (χ1n) is 10.6. The number of nitrogens with zero attached hydrogens (tertiary/aromatic N) is 2. The van der Waals surface area contributed by atoms with Crippen LogP contribution >= 0.6 is 0 Å². The predicted molar refractivity (Wildman–Crippen MR) is 132 cm³/mol. The summed E-state index contributed by atoms with van der Waals surface area (Å²) >= 11 is 0. The van der Waals surface area contributed by atoms with E-state index in [0.717, 1.165) is 41.0 Å². The molecule has 0 aliphatic rings. The van der Waals surface area contributed by atoms with Crippen molar-refractivity contribution in [1.82, 2.24) is 20.3 Å². The summed E-state index contributed by atoms with van der Waals surface area (Å²) in [5.74, 6) is 0.689. The quantitative estimate of drug-likeness (QED) is 0.225. The third-order valence-corrected chi connectivity index (χ3v) is 5.12. The average molecular weight is 443 g/mol. The molecule has 0 atom stereocenters. The summed E-state index contributed by atoms with van der Waals surface area (Å²) in [5, 5.41) is 10.0. The lowest BCUT2D eigenvalue weighted by Crippen LogP contribution is -2.18. The minimum atomic E-state index is -0.287. The smallest absolute Gasteiger partial charge is 0.247 e. The highest BCUT2D eigenvalue weighted by atomic mass is 16.5. The number of aryl methyl sites for hydroxylation is 1. The number of carbonyl (C=O) groups is 1. The van der Waals surface area contributed by atoms with Crippen LogP contribution in [0.25, 0.3) is 22.3 Å². The van der Waals surface area contributed by atoms with Gasteiger partial charge in [-0.15, -0.1) is 0 Å². The van der Waals surface area contributed by atoms with Gasteiger partial charge < -0.3 is 25.7 Å². The molecule has 0 aliphatic heterocycles. The number of fused-ring (bicyclic) bond motifs is 1. The maximum Gasteiger partial charge on any atom is 0.247 e. The molecule has 4 aromatic rings. The van der Waals surface area contributed by atoms with Crippen LogP contribution in [0.1, 0.15) is 5.56 Å². The molecule has 4 N–H and O–H groups in total. The van der Waals surface area contributed by atoms with Gasteiger partial charge in [-0.05, 0) is 61.5 Å². The van der Waals surface area contributed by atoms with E-state index in [1.807, 2.05) is 13.1 Å². The lowest BCUT2D eigenvalue weighted by atomic mass is 10.1. The Morgan fingerprint density at radius 1 is 1.15 bits per heavy atom. The fraction of sp³-hybridized carbons (Fsp3) is 0.160. The fourth-order valence-corrected chi connectivity index (χ4v) is 3.45. The molecule has 0 saturated carbocycles. The SMILES string of the molecule is C=CC(=O)Nc1cccc(Oc2ncnc3[nH]c(-c4ccc(NCCNC)c(C)c4)cc23)c1.